The quantitative estimate of drug-likeness (QED) is 0.436. The fourth-order valence-electron chi connectivity index (χ4n) is 1.60. The van der Waals surface area contributed by atoms with Gasteiger partial charge in [-0.05, 0) is 19.1 Å². The number of aryl methyl sites for hydroxylation is 1. The van der Waals surface area contributed by atoms with E-state index in [1.54, 1.807) is 0 Å². The Hall–Kier alpha value is -2.40. The first-order valence-electron chi connectivity index (χ1n) is 5.40. The van der Waals surface area contributed by atoms with Gasteiger partial charge in [0.25, 0.3) is 15.7 Å². The molecule has 0 aliphatic carbocycles. The summed E-state index contributed by atoms with van der Waals surface area (Å²) in [5, 5.41) is 20.1. The molecular formula is C10H9N3O6S2. The van der Waals surface area contributed by atoms with Gasteiger partial charge in [-0.15, -0.1) is 0 Å². The summed E-state index contributed by atoms with van der Waals surface area (Å²) >= 11 is 0.477. The van der Waals surface area contributed by atoms with Crippen molar-refractivity contribution < 1.29 is 18.4 Å². The maximum atomic E-state index is 12.2. The van der Waals surface area contributed by atoms with Crippen molar-refractivity contribution in [2.24, 2.45) is 0 Å². The number of hydrogen-bond acceptors (Lipinski definition) is 7. The number of aromatic nitrogens is 1. The molecule has 0 saturated heterocycles. The molecule has 0 atom stereocenters. The van der Waals surface area contributed by atoms with Crippen molar-refractivity contribution in [2.75, 3.05) is 4.72 Å². The largest absolute Gasteiger partial charge is 0.508 e. The summed E-state index contributed by atoms with van der Waals surface area (Å²) in [4.78, 5) is 23.0. The van der Waals surface area contributed by atoms with E-state index in [2.05, 4.69) is 4.98 Å². The molecule has 1 aromatic carbocycles. The number of thiazole rings is 1. The lowest BCUT2D eigenvalue weighted by Gasteiger charge is -2.07. The maximum Gasteiger partial charge on any atom is 0.306 e. The van der Waals surface area contributed by atoms with E-state index in [1.165, 1.54) is 6.92 Å². The number of nitro benzene ring substituents is 1. The van der Waals surface area contributed by atoms with Crippen LogP contribution in [0.5, 0.6) is 5.75 Å². The number of nitro groups is 1. The van der Waals surface area contributed by atoms with Gasteiger partial charge in [-0.25, -0.2) is 8.42 Å². The van der Waals surface area contributed by atoms with E-state index in [0.29, 0.717) is 11.3 Å². The molecule has 0 unspecified atom stereocenters. The van der Waals surface area contributed by atoms with Crippen LogP contribution in [0.25, 0.3) is 0 Å². The molecule has 2 rings (SSSR count). The molecule has 0 saturated carbocycles. The van der Waals surface area contributed by atoms with Crippen molar-refractivity contribution >= 4 is 32.7 Å². The molecule has 112 valence electrons. The molecule has 21 heavy (non-hydrogen) atoms. The van der Waals surface area contributed by atoms with Crippen molar-refractivity contribution in [3.8, 4) is 5.75 Å². The number of phenols is 1. The van der Waals surface area contributed by atoms with E-state index < -0.39 is 25.5 Å². The molecule has 0 radical (unpaired) electrons. The Labute approximate surface area is 122 Å². The molecule has 0 aliphatic rings. The predicted octanol–water partition coefficient (Wildman–Crippen LogP) is 1.16. The third-order valence-electron chi connectivity index (χ3n) is 2.45. The Morgan fingerprint density at radius 2 is 2.10 bits per heavy atom. The van der Waals surface area contributed by atoms with Gasteiger partial charge in [-0.2, -0.15) is 0 Å². The molecule has 0 amide bonds. The van der Waals surface area contributed by atoms with E-state index >= 15 is 0 Å². The van der Waals surface area contributed by atoms with Crippen LogP contribution in [0.15, 0.2) is 27.2 Å². The van der Waals surface area contributed by atoms with Crippen LogP contribution in [0.4, 0.5) is 11.4 Å². The van der Waals surface area contributed by atoms with Crippen molar-refractivity contribution in [3.05, 3.63) is 43.7 Å². The highest BCUT2D eigenvalue weighted by molar-refractivity contribution is 7.94. The number of nitrogens with one attached hydrogen (secondary N) is 2. The number of aromatic hydroxyl groups is 1. The number of phenolic OH excluding ortho intramolecular Hbond substituents is 1. The number of benzene rings is 1. The van der Waals surface area contributed by atoms with Gasteiger partial charge >= 0.3 is 4.87 Å². The lowest BCUT2D eigenvalue weighted by molar-refractivity contribution is -0.384. The monoisotopic (exact) mass is 331 g/mol. The molecule has 11 heteroatoms. The van der Waals surface area contributed by atoms with Gasteiger partial charge in [0, 0.05) is 5.69 Å². The van der Waals surface area contributed by atoms with Crippen LogP contribution in [0.1, 0.15) is 5.69 Å². The van der Waals surface area contributed by atoms with Crippen LogP contribution in [-0.4, -0.2) is 23.4 Å². The van der Waals surface area contributed by atoms with Gasteiger partial charge in [0.1, 0.15) is 11.4 Å². The molecule has 0 aliphatic heterocycles. The minimum absolute atomic E-state index is 0.138. The van der Waals surface area contributed by atoms with Gasteiger partial charge in [-0.1, -0.05) is 11.3 Å². The highest BCUT2D eigenvalue weighted by Gasteiger charge is 2.24. The molecule has 0 bridgehead atoms. The number of rotatable bonds is 4. The van der Waals surface area contributed by atoms with E-state index in [-0.39, 0.29) is 21.3 Å². The van der Waals surface area contributed by atoms with E-state index in [0.717, 1.165) is 18.2 Å². The summed E-state index contributed by atoms with van der Waals surface area (Å²) in [6, 6.07) is 3.00. The first kappa shape index (κ1) is 15.0. The Balaban J connectivity index is 2.49. The average Bonchev–Trinajstić information content (AvgIpc) is 2.71. The Bertz CT molecular complexity index is 867. The van der Waals surface area contributed by atoms with Crippen LogP contribution in [0, 0.1) is 17.0 Å². The molecule has 0 fully saturated rings. The van der Waals surface area contributed by atoms with Crippen molar-refractivity contribution in [2.45, 2.75) is 11.1 Å². The van der Waals surface area contributed by atoms with E-state index in [1.807, 2.05) is 4.72 Å². The fraction of sp³-hybridized carbons (Fsp3) is 0.100. The summed E-state index contributed by atoms with van der Waals surface area (Å²) in [6.45, 7) is 1.40. The van der Waals surface area contributed by atoms with Crippen LogP contribution in [0.3, 0.4) is 0 Å². The molecular weight excluding hydrogens is 322 g/mol. The van der Waals surface area contributed by atoms with Crippen molar-refractivity contribution in [1.29, 1.82) is 0 Å². The third kappa shape index (κ3) is 3.03. The van der Waals surface area contributed by atoms with Crippen molar-refractivity contribution in [1.82, 2.24) is 4.98 Å². The molecule has 9 nitrogen and oxygen atoms in total. The topological polar surface area (TPSA) is 142 Å². The summed E-state index contributed by atoms with van der Waals surface area (Å²) in [7, 11) is -4.14. The number of aromatic amines is 1. The average molecular weight is 331 g/mol. The Morgan fingerprint density at radius 3 is 2.62 bits per heavy atom. The molecule has 3 N–H and O–H groups in total. The first-order chi connectivity index (χ1) is 9.70. The van der Waals surface area contributed by atoms with Crippen LogP contribution in [-0.2, 0) is 10.0 Å². The molecule has 1 aromatic heterocycles. The SMILES string of the molecule is Cc1[nH]c(=O)sc1S(=O)(=O)Nc1ccc(O)cc1[N+](=O)[O-]. The van der Waals surface area contributed by atoms with Gasteiger partial charge in [0.05, 0.1) is 11.0 Å². The van der Waals surface area contributed by atoms with Gasteiger partial charge in [-0.3, -0.25) is 19.6 Å². The molecule has 2 aromatic rings. The molecule has 0 spiro atoms. The number of sulfonamides is 1. The Kier molecular flexibility index (Phi) is 3.70. The number of nitrogens with zero attached hydrogens (tertiary/aromatic N) is 1. The third-order valence-corrected chi connectivity index (χ3v) is 5.42. The standard InChI is InChI=1S/C10H9N3O6S2/c1-5-9(20-10(15)11-5)21(18,19)12-7-3-2-6(14)4-8(7)13(16)17/h2-4,12,14H,1H3,(H,11,15). The smallest absolute Gasteiger partial charge is 0.306 e. The lowest BCUT2D eigenvalue weighted by Crippen LogP contribution is -2.13. The summed E-state index contributed by atoms with van der Waals surface area (Å²) in [6.07, 6.45) is 0. The van der Waals surface area contributed by atoms with E-state index in [9.17, 15) is 28.4 Å². The predicted molar refractivity (Wildman–Crippen MR) is 75.2 cm³/mol. The van der Waals surface area contributed by atoms with Crippen LogP contribution in [0.2, 0.25) is 0 Å². The first-order valence-corrected chi connectivity index (χ1v) is 7.70. The summed E-state index contributed by atoms with van der Waals surface area (Å²) in [5.41, 5.74) is -0.768. The van der Waals surface area contributed by atoms with Crippen LogP contribution < -0.4 is 9.60 Å². The normalized spacial score (nSPS) is 11.3. The number of H-pyrrole nitrogens is 1. The zero-order valence-electron chi connectivity index (χ0n) is 10.5. The fourth-order valence-corrected chi connectivity index (χ4v) is 3.97. The summed E-state index contributed by atoms with van der Waals surface area (Å²) < 4.78 is 26.1. The summed E-state index contributed by atoms with van der Waals surface area (Å²) in [5.74, 6) is -0.368. The highest BCUT2D eigenvalue weighted by atomic mass is 32.2. The Morgan fingerprint density at radius 1 is 1.43 bits per heavy atom. The minimum Gasteiger partial charge on any atom is -0.508 e. The lowest BCUT2D eigenvalue weighted by atomic mass is 10.2. The second-order valence-corrected chi connectivity index (χ2v) is 6.85. The van der Waals surface area contributed by atoms with Gasteiger partial charge in [0.2, 0.25) is 0 Å². The van der Waals surface area contributed by atoms with Crippen LogP contribution >= 0.6 is 11.3 Å². The van der Waals surface area contributed by atoms with Gasteiger partial charge in [0.15, 0.2) is 4.21 Å². The second kappa shape index (κ2) is 5.18. The van der Waals surface area contributed by atoms with Crippen molar-refractivity contribution in [3.63, 3.8) is 0 Å². The molecule has 1 heterocycles. The zero-order chi connectivity index (χ0) is 15.8. The minimum atomic E-state index is -4.14. The number of hydrogen-bond donors (Lipinski definition) is 3. The second-order valence-electron chi connectivity index (χ2n) is 3.99. The number of anilines is 1. The highest BCUT2D eigenvalue weighted by Crippen LogP contribution is 2.30. The van der Waals surface area contributed by atoms with E-state index in [4.69, 9.17) is 0 Å². The zero-order valence-corrected chi connectivity index (χ0v) is 12.1. The van der Waals surface area contributed by atoms with Gasteiger partial charge < -0.3 is 10.1 Å². The maximum absolute atomic E-state index is 12.2.